The molecule has 2 N–H and O–H groups in total. The summed E-state index contributed by atoms with van der Waals surface area (Å²) in [6, 6.07) is 23.1. The molecular formula is C42H51FN2O7. The van der Waals surface area contributed by atoms with Crippen molar-refractivity contribution < 1.29 is 38.0 Å². The highest BCUT2D eigenvalue weighted by Crippen LogP contribution is 2.43. The zero-order valence-corrected chi connectivity index (χ0v) is 31.2. The smallest absolute Gasteiger partial charge is 0.308 e. The van der Waals surface area contributed by atoms with Crippen LogP contribution in [0.2, 0.25) is 0 Å². The van der Waals surface area contributed by atoms with Crippen molar-refractivity contribution in [1.29, 1.82) is 0 Å². The molecule has 2 heterocycles. The quantitative estimate of drug-likeness (QED) is 0.133. The number of benzene rings is 3. The molecule has 0 aliphatic carbocycles. The maximum Gasteiger partial charge on any atom is 0.308 e. The van der Waals surface area contributed by atoms with Crippen LogP contribution in [0.5, 0.6) is 5.75 Å². The highest BCUT2D eigenvalue weighted by molar-refractivity contribution is 6.12. The van der Waals surface area contributed by atoms with Gasteiger partial charge in [0.25, 0.3) is 5.91 Å². The van der Waals surface area contributed by atoms with Crippen molar-refractivity contribution in [2.75, 3.05) is 18.5 Å². The number of hydrogen-bond acceptors (Lipinski definition) is 7. The topological polar surface area (TPSA) is 108 Å². The number of esters is 1. The predicted molar refractivity (Wildman–Crippen MR) is 200 cm³/mol. The molecule has 5 rings (SSSR count). The molecule has 0 saturated carbocycles. The highest BCUT2D eigenvalue weighted by atomic mass is 19.1. The minimum atomic E-state index is -0.925. The molecule has 1 fully saturated rings. The van der Waals surface area contributed by atoms with E-state index in [-0.39, 0.29) is 49.4 Å². The van der Waals surface area contributed by atoms with Gasteiger partial charge in [0, 0.05) is 29.9 Å². The van der Waals surface area contributed by atoms with Crippen LogP contribution in [0.4, 0.5) is 10.1 Å². The number of halogens is 1. The molecule has 0 spiro atoms. The number of aliphatic hydroxyl groups excluding tert-OH is 1. The summed E-state index contributed by atoms with van der Waals surface area (Å²) in [5.74, 6) is -1.39. The van der Waals surface area contributed by atoms with Crippen LogP contribution >= 0.6 is 0 Å². The van der Waals surface area contributed by atoms with Crippen LogP contribution in [0.25, 0.3) is 22.4 Å². The summed E-state index contributed by atoms with van der Waals surface area (Å²) >= 11 is 0. The monoisotopic (exact) mass is 714 g/mol. The lowest BCUT2D eigenvalue weighted by Crippen LogP contribution is -2.46. The number of nitrogens with zero attached hydrogens (tertiary/aromatic N) is 1. The van der Waals surface area contributed by atoms with E-state index in [0.29, 0.717) is 36.4 Å². The van der Waals surface area contributed by atoms with Gasteiger partial charge >= 0.3 is 5.97 Å². The van der Waals surface area contributed by atoms with Crippen molar-refractivity contribution in [1.82, 2.24) is 4.57 Å². The third kappa shape index (κ3) is 9.87. The van der Waals surface area contributed by atoms with Gasteiger partial charge in [0.05, 0.1) is 36.5 Å². The Morgan fingerprint density at radius 2 is 1.62 bits per heavy atom. The second-order valence-electron chi connectivity index (χ2n) is 14.9. The number of anilines is 1. The Balaban J connectivity index is 1.57. The molecule has 1 aromatic heterocycles. The average molecular weight is 715 g/mol. The lowest BCUT2D eigenvalue weighted by Gasteiger charge is -2.41. The number of nitrogens with one attached hydrogen (secondary N) is 1. The van der Waals surface area contributed by atoms with Crippen LogP contribution in [0.3, 0.4) is 0 Å². The average Bonchev–Trinajstić information content (AvgIpc) is 3.42. The first kappa shape index (κ1) is 38.7. The van der Waals surface area contributed by atoms with Crippen LogP contribution in [0, 0.1) is 5.82 Å². The van der Waals surface area contributed by atoms with Crippen molar-refractivity contribution in [3.8, 4) is 28.1 Å². The molecule has 2 atom stereocenters. The molecule has 10 heteroatoms. The van der Waals surface area contributed by atoms with E-state index >= 15 is 0 Å². The summed E-state index contributed by atoms with van der Waals surface area (Å²) in [5, 5.41) is 12.2. The van der Waals surface area contributed by atoms with Gasteiger partial charge in [0.15, 0.2) is 5.79 Å². The largest absolute Gasteiger partial charge is 0.491 e. The zero-order chi connectivity index (χ0) is 37.6. The lowest BCUT2D eigenvalue weighted by molar-refractivity contribution is -0.301. The first-order valence-corrected chi connectivity index (χ1v) is 17.9. The lowest BCUT2D eigenvalue weighted by atomic mass is 9.94. The number of hydrogen-bond donors (Lipinski definition) is 2. The zero-order valence-electron chi connectivity index (χ0n) is 31.2. The number of amides is 1. The van der Waals surface area contributed by atoms with Crippen molar-refractivity contribution in [2.24, 2.45) is 0 Å². The van der Waals surface area contributed by atoms with Crippen molar-refractivity contribution in [3.63, 3.8) is 0 Å². The van der Waals surface area contributed by atoms with Gasteiger partial charge in [-0.05, 0) is 107 Å². The SMILES string of the molecule is CC(C)c1c(C(=O)Nc2ccc(OCCO)cc2)c(-c2ccccc2)c(-c2ccc(F)cc2)n1CC[C@@H]1C[C@H](CC(=O)OC(C)(C)C)OC(C)(C)O1. The number of ether oxygens (including phenoxy) is 4. The molecule has 0 radical (unpaired) electrons. The molecule has 278 valence electrons. The minimum Gasteiger partial charge on any atom is -0.491 e. The summed E-state index contributed by atoms with van der Waals surface area (Å²) in [5.41, 5.74) is 4.49. The minimum absolute atomic E-state index is 0.0846. The molecule has 52 heavy (non-hydrogen) atoms. The Labute approximate surface area is 306 Å². The molecule has 3 aromatic carbocycles. The van der Waals surface area contributed by atoms with Crippen molar-refractivity contribution >= 4 is 17.6 Å². The highest BCUT2D eigenvalue weighted by Gasteiger charge is 2.38. The van der Waals surface area contributed by atoms with E-state index in [1.165, 1.54) is 12.1 Å². The normalized spacial score (nSPS) is 17.2. The van der Waals surface area contributed by atoms with Crippen LogP contribution in [0.1, 0.15) is 89.7 Å². The summed E-state index contributed by atoms with van der Waals surface area (Å²) in [4.78, 5) is 27.3. The molecule has 4 aromatic rings. The second kappa shape index (κ2) is 16.4. The van der Waals surface area contributed by atoms with Gasteiger partial charge in [-0.3, -0.25) is 9.59 Å². The third-order valence-electron chi connectivity index (χ3n) is 8.65. The molecule has 1 aliphatic rings. The van der Waals surface area contributed by atoms with E-state index in [9.17, 15) is 14.0 Å². The van der Waals surface area contributed by atoms with E-state index in [1.807, 2.05) is 65.0 Å². The molecule has 0 bridgehead atoms. The molecule has 0 unspecified atom stereocenters. The molecule has 1 aliphatic heterocycles. The number of carbonyl (C=O) groups is 2. The van der Waals surface area contributed by atoms with Gasteiger partial charge in [0.2, 0.25) is 0 Å². The molecular weight excluding hydrogens is 663 g/mol. The summed E-state index contributed by atoms with van der Waals surface area (Å²) in [6.45, 7) is 13.9. The van der Waals surface area contributed by atoms with E-state index in [4.69, 9.17) is 24.1 Å². The van der Waals surface area contributed by atoms with Gasteiger partial charge < -0.3 is 33.9 Å². The Morgan fingerprint density at radius 3 is 2.23 bits per heavy atom. The van der Waals surface area contributed by atoms with Gasteiger partial charge in [-0.1, -0.05) is 44.2 Å². The predicted octanol–water partition coefficient (Wildman–Crippen LogP) is 8.74. The van der Waals surface area contributed by atoms with Crippen molar-refractivity contribution in [3.05, 3.63) is 95.9 Å². The van der Waals surface area contributed by atoms with E-state index < -0.39 is 17.5 Å². The van der Waals surface area contributed by atoms with Gasteiger partial charge in [-0.15, -0.1) is 0 Å². The maximum absolute atomic E-state index is 14.5. The summed E-state index contributed by atoms with van der Waals surface area (Å²) < 4.78 is 40.2. The number of aromatic nitrogens is 1. The Morgan fingerprint density at radius 1 is 0.962 bits per heavy atom. The van der Waals surface area contributed by atoms with Crippen LogP contribution in [0.15, 0.2) is 78.9 Å². The van der Waals surface area contributed by atoms with Gasteiger partial charge in [-0.25, -0.2) is 4.39 Å². The Bertz CT molecular complexity index is 1810. The van der Waals surface area contributed by atoms with Gasteiger partial charge in [-0.2, -0.15) is 0 Å². The van der Waals surface area contributed by atoms with Crippen molar-refractivity contribution in [2.45, 2.75) is 104 Å². The fraction of sp³-hybridized carbons (Fsp3) is 0.429. The third-order valence-corrected chi connectivity index (χ3v) is 8.65. The number of carbonyl (C=O) groups excluding carboxylic acids is 2. The number of rotatable bonds is 13. The standard InChI is InChI=1S/C42H51FN2O7/c1-27(2)38-37(40(48)44-31-17-19-32(20-18-31)49-24-23-46)36(28-11-9-8-10-12-28)39(29-13-15-30(43)16-14-29)45(38)22-21-33-25-34(51-42(6,7)50-33)26-35(47)52-41(3,4)5/h8-20,27,33-34,46H,21-26H2,1-7H3,(H,44,48)/t33-,34-/m1/s1. The fourth-order valence-corrected chi connectivity index (χ4v) is 6.85. The first-order chi connectivity index (χ1) is 24.6. The van der Waals surface area contributed by atoms with Gasteiger partial charge in [0.1, 0.15) is 23.8 Å². The summed E-state index contributed by atoms with van der Waals surface area (Å²) in [6.07, 6.45) is 0.507. The van der Waals surface area contributed by atoms with Crippen LogP contribution < -0.4 is 10.1 Å². The van der Waals surface area contributed by atoms with E-state index in [1.54, 1.807) is 36.4 Å². The van der Waals surface area contributed by atoms with E-state index in [0.717, 1.165) is 28.1 Å². The second-order valence-corrected chi connectivity index (χ2v) is 14.9. The molecule has 9 nitrogen and oxygen atoms in total. The Hall–Kier alpha value is -4.51. The fourth-order valence-electron chi connectivity index (χ4n) is 6.85. The maximum atomic E-state index is 14.5. The first-order valence-electron chi connectivity index (χ1n) is 17.9. The molecule has 1 amide bonds. The Kier molecular flexibility index (Phi) is 12.2. The van der Waals surface area contributed by atoms with E-state index in [2.05, 4.69) is 23.7 Å². The van der Waals surface area contributed by atoms with Crippen LogP contribution in [-0.2, 0) is 25.5 Å². The van der Waals surface area contributed by atoms with Crippen LogP contribution in [-0.4, -0.2) is 58.4 Å². The summed E-state index contributed by atoms with van der Waals surface area (Å²) in [7, 11) is 0. The molecule has 1 saturated heterocycles. The number of aliphatic hydroxyl groups is 1.